The Hall–Kier alpha value is 0.210. The van der Waals surface area contributed by atoms with E-state index in [1.54, 1.807) is 0 Å². The normalized spacial score (nSPS) is 11.9. The Kier molecular flexibility index (Phi) is 9.01. The fraction of sp³-hybridized carbons (Fsp3) is 0. The van der Waals surface area contributed by atoms with Crippen molar-refractivity contribution in [3.8, 4) is 0 Å². The van der Waals surface area contributed by atoms with Gasteiger partial charge < -0.3 is 9.11 Å². The van der Waals surface area contributed by atoms with Gasteiger partial charge in [0.2, 0.25) is 9.84 Å². The Balaban J connectivity index is 0.00000288. The van der Waals surface area contributed by atoms with Gasteiger partial charge in [-0.1, -0.05) is 0 Å². The summed E-state index contributed by atoms with van der Waals surface area (Å²) in [5.74, 6) is 0. The van der Waals surface area contributed by atoms with Crippen LogP contribution in [0.3, 0.4) is 0 Å². The molecule has 124 valence electrons. The maximum Gasteiger partial charge on any atom is 1.00 e. The molecule has 2 rings (SSSR count). The zero-order chi connectivity index (χ0) is 17.5. The van der Waals surface area contributed by atoms with Crippen molar-refractivity contribution in [3.05, 3.63) is 48.5 Å². The van der Waals surface area contributed by atoms with Crippen molar-refractivity contribution in [2.24, 2.45) is 0 Å². The average molecular weight is 422 g/mol. The first-order valence-electron chi connectivity index (χ1n) is 5.79. The number of benzene rings is 2. The molecule has 0 aliphatic heterocycles. The summed E-state index contributed by atoms with van der Waals surface area (Å²) in [6.45, 7) is 0. The Labute approximate surface area is 189 Å². The van der Waals surface area contributed by atoms with E-state index in [4.69, 9.17) is 0 Å². The van der Waals surface area contributed by atoms with E-state index in [1.165, 1.54) is 0 Å². The Morgan fingerprint density at radius 3 is 0.880 bits per heavy atom. The molecule has 0 saturated carbocycles. The minimum absolute atomic E-state index is 0. The van der Waals surface area contributed by atoms with Gasteiger partial charge in [-0.05, 0) is 48.5 Å². The second-order valence-electron chi connectivity index (χ2n) is 4.35. The van der Waals surface area contributed by atoms with Gasteiger partial charge in [0.25, 0.3) is 0 Å². The van der Waals surface area contributed by atoms with Crippen LogP contribution in [0.4, 0.5) is 0 Å². The largest absolute Gasteiger partial charge is 1.00 e. The van der Waals surface area contributed by atoms with Crippen LogP contribution in [0, 0.1) is 0 Å². The molecule has 2 aromatic rings. The van der Waals surface area contributed by atoms with Crippen LogP contribution < -0.4 is 59.1 Å². The van der Waals surface area contributed by atoms with Crippen molar-refractivity contribution in [1.29, 1.82) is 0 Å². The Morgan fingerprint density at radius 2 is 0.680 bits per heavy atom. The number of hydrogen-bond acceptors (Lipinski definition) is 8. The minimum Gasteiger partial charge on any atom is -0.744 e. The Morgan fingerprint density at radius 1 is 0.480 bits per heavy atom. The molecule has 0 unspecified atom stereocenters. The summed E-state index contributed by atoms with van der Waals surface area (Å²) < 4.78 is 89.4. The van der Waals surface area contributed by atoms with Gasteiger partial charge >= 0.3 is 59.1 Å². The zero-order valence-electron chi connectivity index (χ0n) is 13.1. The minimum atomic E-state index is -4.70. The first-order chi connectivity index (χ1) is 10.4. The van der Waals surface area contributed by atoms with Gasteiger partial charge in [-0.2, -0.15) is 0 Å². The fourth-order valence-electron chi connectivity index (χ4n) is 1.71. The summed E-state index contributed by atoms with van der Waals surface area (Å²) in [4.78, 5) is -1.74. The van der Waals surface area contributed by atoms with Gasteiger partial charge in [0.15, 0.2) is 0 Å². The number of sulfone groups is 1. The molecule has 0 bridgehead atoms. The maximum atomic E-state index is 12.3. The van der Waals surface area contributed by atoms with Gasteiger partial charge in [0.05, 0.1) is 19.6 Å². The first-order valence-corrected chi connectivity index (χ1v) is 10.1. The van der Waals surface area contributed by atoms with Gasteiger partial charge in [0, 0.05) is 0 Å². The van der Waals surface area contributed by atoms with E-state index in [0.29, 0.717) is 0 Å². The molecule has 13 heteroatoms. The monoisotopic (exact) mass is 422 g/mol. The van der Waals surface area contributed by atoms with Crippen LogP contribution in [0.5, 0.6) is 0 Å². The molecule has 25 heavy (non-hydrogen) atoms. The summed E-state index contributed by atoms with van der Waals surface area (Å²) >= 11 is 0. The van der Waals surface area contributed by atoms with Crippen molar-refractivity contribution in [1.82, 2.24) is 0 Å². The second-order valence-corrected chi connectivity index (χ2v) is 9.06. The van der Waals surface area contributed by atoms with Crippen LogP contribution in [0.2, 0.25) is 0 Å². The SMILES string of the molecule is O=S(=O)([O-])c1ccc(S(=O)(=O)c2ccc(S(=O)(=O)[O-])cc2)cc1.[Na+].[Na+]. The molecule has 0 amide bonds. The van der Waals surface area contributed by atoms with Crippen molar-refractivity contribution in [2.75, 3.05) is 0 Å². The van der Waals surface area contributed by atoms with Gasteiger partial charge in [-0.25, -0.2) is 25.3 Å². The van der Waals surface area contributed by atoms with E-state index in [0.717, 1.165) is 48.5 Å². The molecule has 8 nitrogen and oxygen atoms in total. The summed E-state index contributed by atoms with van der Waals surface area (Å²) in [6, 6.07) is 7.18. The third-order valence-electron chi connectivity index (χ3n) is 2.85. The van der Waals surface area contributed by atoms with Gasteiger partial charge in [0.1, 0.15) is 20.2 Å². The molecule has 0 heterocycles. The molecular formula is C12H8Na2O8S3. The van der Waals surface area contributed by atoms with E-state index in [2.05, 4.69) is 0 Å². The van der Waals surface area contributed by atoms with E-state index >= 15 is 0 Å². The van der Waals surface area contributed by atoms with Crippen LogP contribution in [-0.4, -0.2) is 34.4 Å². The van der Waals surface area contributed by atoms with Gasteiger partial charge in [-0.15, -0.1) is 0 Å². The number of rotatable bonds is 4. The number of hydrogen-bond donors (Lipinski definition) is 0. The average Bonchev–Trinajstić information content (AvgIpc) is 2.46. The third-order valence-corrected chi connectivity index (χ3v) is 6.33. The molecule has 0 N–H and O–H groups in total. The molecule has 0 aliphatic carbocycles. The zero-order valence-corrected chi connectivity index (χ0v) is 19.6. The maximum absolute atomic E-state index is 12.3. The molecule has 0 saturated heterocycles. The second kappa shape index (κ2) is 8.93. The molecule has 0 fully saturated rings. The van der Waals surface area contributed by atoms with Crippen molar-refractivity contribution in [2.45, 2.75) is 19.6 Å². The van der Waals surface area contributed by atoms with Crippen molar-refractivity contribution in [3.63, 3.8) is 0 Å². The topological polar surface area (TPSA) is 149 Å². The molecule has 0 radical (unpaired) electrons. The summed E-state index contributed by atoms with van der Waals surface area (Å²) in [6.07, 6.45) is 0. The van der Waals surface area contributed by atoms with E-state index in [1.807, 2.05) is 0 Å². The predicted molar refractivity (Wildman–Crippen MR) is 74.3 cm³/mol. The van der Waals surface area contributed by atoms with E-state index < -0.39 is 39.9 Å². The Bertz CT molecular complexity index is 961. The third kappa shape index (κ3) is 6.11. The summed E-state index contributed by atoms with van der Waals surface area (Å²) in [5.41, 5.74) is 0. The van der Waals surface area contributed by atoms with E-state index in [9.17, 15) is 34.4 Å². The fourth-order valence-corrected chi connectivity index (χ4v) is 3.91. The van der Waals surface area contributed by atoms with Crippen molar-refractivity contribution < 1.29 is 93.5 Å². The van der Waals surface area contributed by atoms with Crippen LogP contribution in [0.15, 0.2) is 68.1 Å². The van der Waals surface area contributed by atoms with Crippen molar-refractivity contribution >= 4 is 30.1 Å². The first kappa shape index (κ1) is 25.2. The van der Waals surface area contributed by atoms with Crippen LogP contribution in [-0.2, 0) is 30.1 Å². The molecular weight excluding hydrogens is 414 g/mol. The van der Waals surface area contributed by atoms with Crippen LogP contribution >= 0.6 is 0 Å². The molecule has 0 atom stereocenters. The van der Waals surface area contributed by atoms with Crippen LogP contribution in [0.1, 0.15) is 0 Å². The molecule has 0 spiro atoms. The quantitative estimate of drug-likeness (QED) is 0.350. The standard InChI is InChI=1S/C12H10O8S3.2Na/c13-21(14,9-1-5-11(6-2-9)22(15,16)17)10-3-7-12(8-4-10)23(18,19)20;;/h1-8H,(H,15,16,17)(H,18,19,20);;/q;2*+1/p-2. The predicted octanol–water partition coefficient (Wildman–Crippen LogP) is -5.66. The smallest absolute Gasteiger partial charge is 0.744 e. The molecule has 0 aromatic heterocycles. The van der Waals surface area contributed by atoms with Crippen LogP contribution in [0.25, 0.3) is 0 Å². The summed E-state index contributed by atoms with van der Waals surface area (Å²) in [5, 5.41) is 0. The van der Waals surface area contributed by atoms with E-state index in [-0.39, 0.29) is 68.9 Å². The molecule has 0 aliphatic rings. The van der Waals surface area contributed by atoms with Gasteiger partial charge in [-0.3, -0.25) is 0 Å². The molecule has 2 aromatic carbocycles. The summed E-state index contributed by atoms with van der Waals surface area (Å²) in [7, 11) is -13.5.